The van der Waals surface area contributed by atoms with Gasteiger partial charge in [-0.2, -0.15) is 0 Å². The SMILES string of the molecule is CCOc1cccc(C(NN)C(OC)OC)c1. The van der Waals surface area contributed by atoms with Gasteiger partial charge in [0.05, 0.1) is 12.6 Å². The highest BCUT2D eigenvalue weighted by molar-refractivity contribution is 5.30. The van der Waals surface area contributed by atoms with Crippen LogP contribution in [-0.4, -0.2) is 27.1 Å². The molecule has 0 aliphatic heterocycles. The van der Waals surface area contributed by atoms with Gasteiger partial charge in [-0.1, -0.05) is 12.1 Å². The maximum absolute atomic E-state index is 5.53. The van der Waals surface area contributed by atoms with E-state index in [9.17, 15) is 0 Å². The van der Waals surface area contributed by atoms with Gasteiger partial charge in [-0.25, -0.2) is 5.43 Å². The van der Waals surface area contributed by atoms with E-state index in [2.05, 4.69) is 5.43 Å². The lowest BCUT2D eigenvalue weighted by atomic mass is 10.1. The molecule has 0 fully saturated rings. The minimum absolute atomic E-state index is 0.245. The molecule has 0 aliphatic carbocycles. The molecule has 0 saturated heterocycles. The Morgan fingerprint density at radius 2 is 2.00 bits per heavy atom. The lowest BCUT2D eigenvalue weighted by Gasteiger charge is -2.24. The van der Waals surface area contributed by atoms with Crippen LogP contribution in [0.3, 0.4) is 0 Å². The van der Waals surface area contributed by atoms with Crippen molar-refractivity contribution in [3.63, 3.8) is 0 Å². The number of hydrogen-bond acceptors (Lipinski definition) is 5. The van der Waals surface area contributed by atoms with E-state index in [0.717, 1.165) is 11.3 Å². The summed E-state index contributed by atoms with van der Waals surface area (Å²) in [4.78, 5) is 0. The van der Waals surface area contributed by atoms with Crippen molar-refractivity contribution in [3.8, 4) is 5.75 Å². The third-order valence-corrected chi connectivity index (χ3v) is 2.44. The van der Waals surface area contributed by atoms with Crippen LogP contribution in [0, 0.1) is 0 Å². The number of benzene rings is 1. The summed E-state index contributed by atoms with van der Waals surface area (Å²) in [6.45, 7) is 2.57. The van der Waals surface area contributed by atoms with E-state index in [0.29, 0.717) is 6.61 Å². The summed E-state index contributed by atoms with van der Waals surface area (Å²) in [5, 5.41) is 0. The highest BCUT2D eigenvalue weighted by atomic mass is 16.7. The summed E-state index contributed by atoms with van der Waals surface area (Å²) in [5.41, 5.74) is 3.64. The van der Waals surface area contributed by atoms with E-state index in [1.54, 1.807) is 14.2 Å². The fraction of sp³-hybridized carbons (Fsp3) is 0.500. The molecule has 5 heteroatoms. The Balaban J connectivity index is 2.90. The average Bonchev–Trinajstić information content (AvgIpc) is 2.36. The van der Waals surface area contributed by atoms with Crippen molar-refractivity contribution >= 4 is 0 Å². The molecule has 1 atom stereocenters. The molecule has 0 spiro atoms. The number of hydrazine groups is 1. The van der Waals surface area contributed by atoms with Crippen LogP contribution < -0.4 is 16.0 Å². The van der Waals surface area contributed by atoms with Gasteiger partial charge in [0.15, 0.2) is 6.29 Å². The van der Waals surface area contributed by atoms with Crippen LogP contribution in [0.5, 0.6) is 5.75 Å². The van der Waals surface area contributed by atoms with Gasteiger partial charge in [-0.15, -0.1) is 0 Å². The Morgan fingerprint density at radius 3 is 2.53 bits per heavy atom. The van der Waals surface area contributed by atoms with Crippen molar-refractivity contribution < 1.29 is 14.2 Å². The highest BCUT2D eigenvalue weighted by Crippen LogP contribution is 2.23. The molecule has 0 radical (unpaired) electrons. The van der Waals surface area contributed by atoms with Gasteiger partial charge < -0.3 is 14.2 Å². The van der Waals surface area contributed by atoms with Gasteiger partial charge in [0.1, 0.15) is 5.75 Å². The van der Waals surface area contributed by atoms with Gasteiger partial charge in [-0.3, -0.25) is 5.84 Å². The molecular weight excluding hydrogens is 220 g/mol. The van der Waals surface area contributed by atoms with Gasteiger partial charge in [0.25, 0.3) is 0 Å². The van der Waals surface area contributed by atoms with Crippen LogP contribution in [0.25, 0.3) is 0 Å². The van der Waals surface area contributed by atoms with Crippen molar-refractivity contribution in [1.29, 1.82) is 0 Å². The van der Waals surface area contributed by atoms with Crippen LogP contribution in [0.1, 0.15) is 18.5 Å². The molecule has 3 N–H and O–H groups in total. The predicted molar refractivity (Wildman–Crippen MR) is 65.5 cm³/mol. The third kappa shape index (κ3) is 3.67. The predicted octanol–water partition coefficient (Wildman–Crippen LogP) is 1.21. The molecule has 0 aliphatic rings. The minimum Gasteiger partial charge on any atom is -0.494 e. The molecule has 0 aromatic heterocycles. The van der Waals surface area contributed by atoms with Crippen molar-refractivity contribution in [2.24, 2.45) is 5.84 Å². The zero-order valence-electron chi connectivity index (χ0n) is 10.5. The highest BCUT2D eigenvalue weighted by Gasteiger charge is 2.21. The average molecular weight is 240 g/mol. The van der Waals surface area contributed by atoms with Gasteiger partial charge in [-0.05, 0) is 24.6 Å². The molecule has 1 unspecified atom stereocenters. The smallest absolute Gasteiger partial charge is 0.177 e. The zero-order valence-corrected chi connectivity index (χ0v) is 10.5. The monoisotopic (exact) mass is 240 g/mol. The Kier molecular flexibility index (Phi) is 5.93. The first-order valence-electron chi connectivity index (χ1n) is 5.51. The summed E-state index contributed by atoms with van der Waals surface area (Å²) < 4.78 is 15.8. The van der Waals surface area contributed by atoms with Crippen LogP contribution in [0.15, 0.2) is 24.3 Å². The van der Waals surface area contributed by atoms with E-state index >= 15 is 0 Å². The molecular formula is C12H20N2O3. The molecule has 5 nitrogen and oxygen atoms in total. The molecule has 1 rings (SSSR count). The molecule has 1 aromatic carbocycles. The quantitative estimate of drug-likeness (QED) is 0.426. The summed E-state index contributed by atoms with van der Waals surface area (Å²) in [7, 11) is 3.15. The van der Waals surface area contributed by atoms with Crippen molar-refractivity contribution in [2.75, 3.05) is 20.8 Å². The lowest BCUT2D eigenvalue weighted by molar-refractivity contribution is -0.124. The Morgan fingerprint density at radius 1 is 1.29 bits per heavy atom. The van der Waals surface area contributed by atoms with Gasteiger partial charge in [0.2, 0.25) is 0 Å². The Hall–Kier alpha value is -1.14. The maximum Gasteiger partial charge on any atom is 0.177 e. The maximum atomic E-state index is 5.53. The Labute approximate surface area is 102 Å². The summed E-state index contributed by atoms with van der Waals surface area (Å²) in [6, 6.07) is 7.42. The second-order valence-corrected chi connectivity index (χ2v) is 3.49. The van der Waals surface area contributed by atoms with E-state index in [-0.39, 0.29) is 6.04 Å². The molecule has 17 heavy (non-hydrogen) atoms. The standard InChI is InChI=1S/C12H20N2O3/c1-4-17-10-7-5-6-9(8-10)11(14-13)12(15-2)16-3/h5-8,11-12,14H,4,13H2,1-3H3. The van der Waals surface area contributed by atoms with Gasteiger partial charge in [0, 0.05) is 14.2 Å². The fourth-order valence-electron chi connectivity index (χ4n) is 1.66. The first kappa shape index (κ1) is 13.9. The number of nitrogens with two attached hydrogens (primary N) is 1. The van der Waals surface area contributed by atoms with E-state index in [1.165, 1.54) is 0 Å². The first-order valence-corrected chi connectivity index (χ1v) is 5.51. The third-order valence-electron chi connectivity index (χ3n) is 2.44. The summed E-state index contributed by atoms with van der Waals surface area (Å²) >= 11 is 0. The summed E-state index contributed by atoms with van der Waals surface area (Å²) in [5.74, 6) is 6.33. The second kappa shape index (κ2) is 7.24. The number of ether oxygens (including phenoxy) is 3. The van der Waals surface area contributed by atoms with E-state index < -0.39 is 6.29 Å². The van der Waals surface area contributed by atoms with Crippen molar-refractivity contribution in [3.05, 3.63) is 29.8 Å². The first-order chi connectivity index (χ1) is 8.26. The van der Waals surface area contributed by atoms with Crippen LogP contribution in [-0.2, 0) is 9.47 Å². The normalized spacial score (nSPS) is 12.8. The Bertz CT molecular complexity index is 329. The minimum atomic E-state index is -0.447. The number of methoxy groups -OCH3 is 2. The molecule has 0 amide bonds. The number of hydrogen-bond donors (Lipinski definition) is 2. The largest absolute Gasteiger partial charge is 0.494 e. The lowest BCUT2D eigenvalue weighted by Crippen LogP contribution is -2.38. The summed E-state index contributed by atoms with van der Waals surface area (Å²) in [6.07, 6.45) is -0.447. The molecule has 0 saturated carbocycles. The molecule has 1 aromatic rings. The molecule has 0 bridgehead atoms. The zero-order chi connectivity index (χ0) is 12.7. The van der Waals surface area contributed by atoms with Crippen molar-refractivity contribution in [2.45, 2.75) is 19.3 Å². The second-order valence-electron chi connectivity index (χ2n) is 3.49. The van der Waals surface area contributed by atoms with E-state index in [4.69, 9.17) is 20.1 Å². The number of nitrogens with one attached hydrogen (secondary N) is 1. The fourth-order valence-corrected chi connectivity index (χ4v) is 1.66. The van der Waals surface area contributed by atoms with Crippen LogP contribution in [0.4, 0.5) is 0 Å². The van der Waals surface area contributed by atoms with Crippen LogP contribution in [0.2, 0.25) is 0 Å². The van der Waals surface area contributed by atoms with Crippen LogP contribution >= 0.6 is 0 Å². The molecule has 0 heterocycles. The van der Waals surface area contributed by atoms with Crippen molar-refractivity contribution in [1.82, 2.24) is 5.43 Å². The van der Waals surface area contributed by atoms with Gasteiger partial charge >= 0.3 is 0 Å². The topological polar surface area (TPSA) is 65.7 Å². The number of rotatable bonds is 7. The van der Waals surface area contributed by atoms with E-state index in [1.807, 2.05) is 31.2 Å². The molecule has 96 valence electrons.